The van der Waals surface area contributed by atoms with Crippen molar-refractivity contribution >= 4 is 0 Å². The molecule has 1 fully saturated rings. The zero-order valence-electron chi connectivity index (χ0n) is 6.55. The molecule has 56 valence electrons. The maximum Gasteiger partial charge on any atom is 0.0572 e. The van der Waals surface area contributed by atoms with Gasteiger partial charge < -0.3 is 4.74 Å². The van der Waals surface area contributed by atoms with E-state index in [1.807, 2.05) is 0 Å². The van der Waals surface area contributed by atoms with Gasteiger partial charge in [0, 0.05) is 8.03 Å². The molecule has 0 aromatic rings. The fourth-order valence-corrected chi connectivity index (χ4v) is 1.37. The van der Waals surface area contributed by atoms with E-state index in [0.29, 0.717) is 6.10 Å². The Hall–Kier alpha value is -0.0400. The number of rotatable bonds is 0. The second kappa shape index (κ2) is 2.70. The summed E-state index contributed by atoms with van der Waals surface area (Å²) < 4.78 is 5.50. The Morgan fingerprint density at radius 1 is 1.33 bits per heavy atom. The first-order chi connectivity index (χ1) is 4.20. The van der Waals surface area contributed by atoms with Crippen LogP contribution >= 0.6 is 0 Å². The van der Waals surface area contributed by atoms with Crippen LogP contribution in [0.2, 0.25) is 0 Å². The lowest BCUT2D eigenvalue weighted by Gasteiger charge is -2.30. The highest BCUT2D eigenvalue weighted by Gasteiger charge is 2.21. The maximum absolute atomic E-state index is 5.50. The van der Waals surface area contributed by atoms with E-state index in [1.54, 1.807) is 0 Å². The summed E-state index contributed by atoms with van der Waals surface area (Å²) in [6.45, 7) is 7.64. The van der Waals surface area contributed by atoms with Gasteiger partial charge in [0.15, 0.2) is 0 Å². The normalized spacial score (nSPS) is 45.0. The summed E-state index contributed by atoms with van der Waals surface area (Å²) in [4.78, 5) is 0. The van der Waals surface area contributed by atoms with Gasteiger partial charge in [0.05, 0.1) is 6.10 Å². The van der Waals surface area contributed by atoms with Crippen LogP contribution in [0.1, 0.15) is 28.6 Å². The van der Waals surface area contributed by atoms with Crippen LogP contribution in [-0.4, -0.2) is 12.7 Å². The molecule has 1 saturated heterocycles. The summed E-state index contributed by atoms with van der Waals surface area (Å²) in [5.74, 6) is 1.53. The van der Waals surface area contributed by atoms with Crippen LogP contribution in [0.4, 0.5) is 0 Å². The van der Waals surface area contributed by atoms with Crippen molar-refractivity contribution in [2.45, 2.75) is 33.3 Å². The molecule has 0 saturated carbocycles. The lowest BCUT2D eigenvalue weighted by molar-refractivity contribution is -0.0351. The molecule has 1 heteroatoms. The van der Waals surface area contributed by atoms with Crippen molar-refractivity contribution in [3.05, 3.63) is 0 Å². The molecular formula is C8H18O. The van der Waals surface area contributed by atoms with Gasteiger partial charge in [0.1, 0.15) is 0 Å². The first kappa shape index (κ1) is 7.07. The van der Waals surface area contributed by atoms with Crippen LogP contribution in [-0.2, 0) is 4.74 Å². The quantitative estimate of drug-likeness (QED) is 0.489. The van der Waals surface area contributed by atoms with Crippen molar-refractivity contribution in [3.63, 3.8) is 0 Å². The smallest absolute Gasteiger partial charge is 0.0572 e. The fourth-order valence-electron chi connectivity index (χ4n) is 1.37. The molecule has 0 spiro atoms. The first-order valence-corrected chi connectivity index (χ1v) is 3.81. The lowest BCUT2D eigenvalue weighted by Crippen LogP contribution is -2.29. The Kier molecular flexibility index (Phi) is 2.12. The second-order valence-electron chi connectivity index (χ2n) is 3.36. The molecule has 0 radical (unpaired) electrons. The van der Waals surface area contributed by atoms with Gasteiger partial charge in [-0.1, -0.05) is 13.8 Å². The highest BCUT2D eigenvalue weighted by Crippen LogP contribution is 2.23. The molecule has 9 heavy (non-hydrogen) atoms. The van der Waals surface area contributed by atoms with E-state index in [1.165, 1.54) is 6.42 Å². The molecule has 1 aliphatic heterocycles. The predicted molar refractivity (Wildman–Crippen MR) is 40.5 cm³/mol. The minimum atomic E-state index is 0. The van der Waals surface area contributed by atoms with Gasteiger partial charge in [-0.05, 0) is 25.2 Å². The summed E-state index contributed by atoms with van der Waals surface area (Å²) in [5, 5.41) is 0. The van der Waals surface area contributed by atoms with Crippen LogP contribution < -0.4 is 0 Å². The molecule has 0 aliphatic carbocycles. The molecule has 0 unspecified atom stereocenters. The Morgan fingerprint density at radius 3 is 2.44 bits per heavy atom. The molecule has 0 aromatic heterocycles. The summed E-state index contributed by atoms with van der Waals surface area (Å²) in [6.07, 6.45) is 1.82. The first-order valence-electron chi connectivity index (χ1n) is 3.81. The highest BCUT2D eigenvalue weighted by molar-refractivity contribution is 4.70. The van der Waals surface area contributed by atoms with E-state index in [0.717, 1.165) is 18.4 Å². The third-order valence-corrected chi connectivity index (χ3v) is 2.22. The molecular weight excluding hydrogens is 112 g/mol. The van der Waals surface area contributed by atoms with Crippen LogP contribution in [0.25, 0.3) is 0 Å². The Labute approximate surface area is 58.9 Å². The largest absolute Gasteiger partial charge is 0.378 e. The van der Waals surface area contributed by atoms with Gasteiger partial charge in [-0.3, -0.25) is 0 Å². The summed E-state index contributed by atoms with van der Waals surface area (Å²) in [6, 6.07) is 0. The third kappa shape index (κ3) is 1.68. The Morgan fingerprint density at radius 2 is 2.00 bits per heavy atom. The average molecular weight is 130 g/mol. The third-order valence-electron chi connectivity index (χ3n) is 2.22. The van der Waals surface area contributed by atoms with Crippen molar-refractivity contribution in [1.29, 1.82) is 0 Å². The Balaban J connectivity index is 0.000000810. The molecule has 3 atom stereocenters. The van der Waals surface area contributed by atoms with E-state index < -0.39 is 0 Å². The summed E-state index contributed by atoms with van der Waals surface area (Å²) in [7, 11) is 0. The van der Waals surface area contributed by atoms with Gasteiger partial charge in [0.25, 0.3) is 0 Å². The van der Waals surface area contributed by atoms with E-state index >= 15 is 0 Å². The van der Waals surface area contributed by atoms with E-state index in [2.05, 4.69) is 20.8 Å². The highest BCUT2D eigenvalue weighted by atomic mass is 16.5. The van der Waals surface area contributed by atoms with Crippen LogP contribution in [0.5, 0.6) is 0 Å². The SMILES string of the molecule is C[C@H]1CO[C@H](C)[C@@H](C)C1.[HH]. The molecule has 0 N–H and O–H groups in total. The zero-order valence-corrected chi connectivity index (χ0v) is 6.55. The molecule has 1 nitrogen and oxygen atoms in total. The van der Waals surface area contributed by atoms with E-state index in [9.17, 15) is 0 Å². The zero-order chi connectivity index (χ0) is 6.85. The summed E-state index contributed by atoms with van der Waals surface area (Å²) in [5.41, 5.74) is 0. The van der Waals surface area contributed by atoms with Crippen molar-refractivity contribution < 1.29 is 6.16 Å². The van der Waals surface area contributed by atoms with E-state index in [4.69, 9.17) is 4.74 Å². The van der Waals surface area contributed by atoms with Gasteiger partial charge >= 0.3 is 0 Å². The number of hydrogen-bond acceptors (Lipinski definition) is 1. The van der Waals surface area contributed by atoms with Gasteiger partial charge in [0.2, 0.25) is 0 Å². The molecule has 0 aromatic carbocycles. The van der Waals surface area contributed by atoms with Crippen LogP contribution in [0.3, 0.4) is 0 Å². The molecule has 0 amide bonds. The van der Waals surface area contributed by atoms with Crippen molar-refractivity contribution in [3.8, 4) is 0 Å². The van der Waals surface area contributed by atoms with Gasteiger partial charge in [-0.25, -0.2) is 0 Å². The van der Waals surface area contributed by atoms with Gasteiger partial charge in [-0.15, -0.1) is 0 Å². The van der Waals surface area contributed by atoms with Gasteiger partial charge in [-0.2, -0.15) is 0 Å². The number of ether oxygens (including phenoxy) is 1. The molecule has 0 bridgehead atoms. The number of hydrogen-bond donors (Lipinski definition) is 0. The molecule has 1 heterocycles. The second-order valence-corrected chi connectivity index (χ2v) is 3.36. The van der Waals surface area contributed by atoms with Crippen LogP contribution in [0.15, 0.2) is 0 Å². The minimum absolute atomic E-state index is 0. The van der Waals surface area contributed by atoms with Crippen molar-refractivity contribution in [1.82, 2.24) is 0 Å². The lowest BCUT2D eigenvalue weighted by atomic mass is 9.91. The standard InChI is InChI=1S/C8H16O.H2/c1-6-4-7(2)8(3)9-5-6;/h6-8H,4-5H2,1-3H3;1H/t6-,7+,8-;/m1./s1. The maximum atomic E-state index is 5.50. The monoisotopic (exact) mass is 130 g/mol. The minimum Gasteiger partial charge on any atom is -0.378 e. The topological polar surface area (TPSA) is 9.23 Å². The molecule has 1 rings (SSSR count). The van der Waals surface area contributed by atoms with Crippen molar-refractivity contribution in [2.75, 3.05) is 6.61 Å². The molecule has 1 aliphatic rings. The summed E-state index contributed by atoms with van der Waals surface area (Å²) >= 11 is 0. The van der Waals surface area contributed by atoms with Crippen molar-refractivity contribution in [2.24, 2.45) is 11.8 Å². The van der Waals surface area contributed by atoms with E-state index in [-0.39, 0.29) is 1.43 Å². The Bertz CT molecular complexity index is 95.3. The average Bonchev–Trinajstić information content (AvgIpc) is 1.80. The fraction of sp³-hybridized carbons (Fsp3) is 1.00. The predicted octanol–water partition coefficient (Wildman–Crippen LogP) is 2.31. The van der Waals surface area contributed by atoms with Crippen LogP contribution in [0, 0.1) is 11.8 Å².